The van der Waals surface area contributed by atoms with Crippen LogP contribution in [0.25, 0.3) is 10.9 Å². The van der Waals surface area contributed by atoms with Gasteiger partial charge in [-0.25, -0.2) is 4.98 Å². The number of nitro groups is 1. The Morgan fingerprint density at radius 1 is 1.23 bits per heavy atom. The van der Waals surface area contributed by atoms with Crippen molar-refractivity contribution in [3.8, 4) is 0 Å². The molecular formula is C17H11BrF3N5O4. The number of aromatic nitrogens is 2. The largest absolute Gasteiger partial charge is 0.416 e. The summed E-state index contributed by atoms with van der Waals surface area (Å²) in [6.45, 7) is -0.476. The number of carbonyl (C=O) groups is 1. The number of hydrazine groups is 1. The Balaban J connectivity index is 1.77. The summed E-state index contributed by atoms with van der Waals surface area (Å²) in [6.07, 6.45) is -3.59. The molecular weight excluding hydrogens is 475 g/mol. The molecule has 1 heterocycles. The second kappa shape index (κ2) is 8.10. The summed E-state index contributed by atoms with van der Waals surface area (Å²) in [5, 5.41) is 11.3. The Morgan fingerprint density at radius 3 is 2.63 bits per heavy atom. The van der Waals surface area contributed by atoms with Crippen molar-refractivity contribution < 1.29 is 22.9 Å². The van der Waals surface area contributed by atoms with Crippen molar-refractivity contribution in [2.24, 2.45) is 0 Å². The first kappa shape index (κ1) is 21.2. The quantitative estimate of drug-likeness (QED) is 0.422. The molecule has 0 aliphatic carbocycles. The number of anilines is 1. The SMILES string of the molecule is O=C(Cn1cnc2ccc(Br)cc2c1=O)NNc1ccc(C(F)(F)F)cc1[N+](=O)[O-]. The van der Waals surface area contributed by atoms with E-state index in [4.69, 9.17) is 0 Å². The van der Waals surface area contributed by atoms with Crippen LogP contribution >= 0.6 is 15.9 Å². The van der Waals surface area contributed by atoms with Crippen molar-refractivity contribution in [1.82, 2.24) is 15.0 Å². The Morgan fingerprint density at radius 2 is 1.97 bits per heavy atom. The van der Waals surface area contributed by atoms with E-state index in [-0.39, 0.29) is 11.1 Å². The monoisotopic (exact) mass is 485 g/mol. The highest BCUT2D eigenvalue weighted by molar-refractivity contribution is 9.10. The summed E-state index contributed by atoms with van der Waals surface area (Å²) >= 11 is 3.24. The van der Waals surface area contributed by atoms with Gasteiger partial charge in [-0.05, 0) is 30.3 Å². The van der Waals surface area contributed by atoms with Gasteiger partial charge in [-0.3, -0.25) is 35.1 Å². The molecule has 0 radical (unpaired) electrons. The molecule has 0 bridgehead atoms. The molecule has 0 fully saturated rings. The van der Waals surface area contributed by atoms with Gasteiger partial charge in [0.1, 0.15) is 12.2 Å². The summed E-state index contributed by atoms with van der Waals surface area (Å²) in [4.78, 5) is 38.7. The maximum absolute atomic E-state index is 12.7. The lowest BCUT2D eigenvalue weighted by molar-refractivity contribution is -0.384. The number of hydrogen-bond donors (Lipinski definition) is 2. The first-order chi connectivity index (χ1) is 14.1. The molecule has 3 aromatic rings. The van der Waals surface area contributed by atoms with Crippen molar-refractivity contribution in [2.75, 3.05) is 5.43 Å². The zero-order chi connectivity index (χ0) is 22.1. The van der Waals surface area contributed by atoms with Crippen molar-refractivity contribution in [3.05, 3.63) is 73.2 Å². The van der Waals surface area contributed by atoms with Crippen LogP contribution < -0.4 is 16.4 Å². The number of fused-ring (bicyclic) bond motifs is 1. The van der Waals surface area contributed by atoms with E-state index in [0.29, 0.717) is 22.1 Å². The minimum atomic E-state index is -4.76. The van der Waals surface area contributed by atoms with Gasteiger partial charge < -0.3 is 0 Å². The van der Waals surface area contributed by atoms with Crippen molar-refractivity contribution in [3.63, 3.8) is 0 Å². The number of amides is 1. The van der Waals surface area contributed by atoms with E-state index in [1.807, 2.05) is 0 Å². The fourth-order valence-electron chi connectivity index (χ4n) is 2.54. The van der Waals surface area contributed by atoms with E-state index in [2.05, 4.69) is 31.8 Å². The first-order valence-corrected chi connectivity index (χ1v) is 8.91. The van der Waals surface area contributed by atoms with Gasteiger partial charge in [0.05, 0.1) is 27.7 Å². The number of carbonyl (C=O) groups excluding carboxylic acids is 1. The predicted molar refractivity (Wildman–Crippen MR) is 104 cm³/mol. The zero-order valence-electron chi connectivity index (χ0n) is 14.7. The molecule has 13 heteroatoms. The van der Waals surface area contributed by atoms with E-state index in [9.17, 15) is 32.9 Å². The number of benzene rings is 2. The van der Waals surface area contributed by atoms with Crippen LogP contribution in [0.3, 0.4) is 0 Å². The molecule has 0 aliphatic heterocycles. The minimum absolute atomic E-state index is 0.269. The van der Waals surface area contributed by atoms with Crippen LogP contribution in [0, 0.1) is 10.1 Å². The molecule has 2 aromatic carbocycles. The Bertz CT molecular complexity index is 1210. The smallest absolute Gasteiger partial charge is 0.292 e. The third kappa shape index (κ3) is 4.56. The van der Waals surface area contributed by atoms with Gasteiger partial charge in [0.25, 0.3) is 17.2 Å². The molecule has 9 nitrogen and oxygen atoms in total. The topological polar surface area (TPSA) is 119 Å². The maximum Gasteiger partial charge on any atom is 0.416 e. The van der Waals surface area contributed by atoms with Gasteiger partial charge >= 0.3 is 6.18 Å². The van der Waals surface area contributed by atoms with E-state index >= 15 is 0 Å². The Hall–Kier alpha value is -3.48. The van der Waals surface area contributed by atoms with Gasteiger partial charge in [-0.1, -0.05) is 15.9 Å². The van der Waals surface area contributed by atoms with E-state index in [1.165, 1.54) is 6.33 Å². The van der Waals surface area contributed by atoms with Gasteiger partial charge in [0.15, 0.2) is 0 Å². The molecule has 3 rings (SSSR count). The Kier molecular flexibility index (Phi) is 5.73. The van der Waals surface area contributed by atoms with Gasteiger partial charge in [-0.15, -0.1) is 0 Å². The van der Waals surface area contributed by atoms with Gasteiger partial charge in [0.2, 0.25) is 0 Å². The lowest BCUT2D eigenvalue weighted by atomic mass is 10.1. The molecule has 0 saturated carbocycles. The molecule has 0 saturated heterocycles. The summed E-state index contributed by atoms with van der Waals surface area (Å²) in [6, 6.07) is 6.68. The van der Waals surface area contributed by atoms with Crippen LogP contribution in [0.15, 0.2) is 52.0 Å². The highest BCUT2D eigenvalue weighted by atomic mass is 79.9. The van der Waals surface area contributed by atoms with Crippen LogP contribution in [0.5, 0.6) is 0 Å². The number of nitrogens with one attached hydrogen (secondary N) is 2. The van der Waals surface area contributed by atoms with Crippen LogP contribution in [0.2, 0.25) is 0 Å². The van der Waals surface area contributed by atoms with E-state index in [1.54, 1.807) is 18.2 Å². The molecule has 30 heavy (non-hydrogen) atoms. The van der Waals surface area contributed by atoms with Crippen molar-refractivity contribution in [1.29, 1.82) is 0 Å². The zero-order valence-corrected chi connectivity index (χ0v) is 16.3. The number of rotatable bonds is 5. The molecule has 156 valence electrons. The molecule has 0 atom stereocenters. The first-order valence-electron chi connectivity index (χ1n) is 8.11. The van der Waals surface area contributed by atoms with Gasteiger partial charge in [-0.2, -0.15) is 13.2 Å². The normalized spacial score (nSPS) is 11.3. The third-order valence-electron chi connectivity index (χ3n) is 3.96. The average Bonchev–Trinajstić information content (AvgIpc) is 2.68. The summed E-state index contributed by atoms with van der Waals surface area (Å²) in [5.74, 6) is -0.776. The number of nitrogens with zero attached hydrogens (tertiary/aromatic N) is 3. The minimum Gasteiger partial charge on any atom is -0.292 e. The second-order valence-corrected chi connectivity index (χ2v) is 6.91. The fraction of sp³-hybridized carbons (Fsp3) is 0.118. The fourth-order valence-corrected chi connectivity index (χ4v) is 2.90. The molecule has 0 unspecified atom stereocenters. The standard InChI is InChI=1S/C17H11BrF3N5O4/c18-10-2-4-12-11(6-10)16(28)25(8-22-12)7-15(27)24-23-13-3-1-9(17(19,20)21)5-14(13)26(29)30/h1-6,8,23H,7H2,(H,24,27). The number of halogens is 4. The van der Waals surface area contributed by atoms with E-state index < -0.39 is 40.4 Å². The van der Waals surface area contributed by atoms with Crippen LogP contribution in [0.4, 0.5) is 24.5 Å². The van der Waals surface area contributed by atoms with Crippen LogP contribution in [-0.4, -0.2) is 20.4 Å². The van der Waals surface area contributed by atoms with E-state index in [0.717, 1.165) is 10.6 Å². The van der Waals surface area contributed by atoms with Crippen molar-refractivity contribution >= 4 is 44.1 Å². The predicted octanol–water partition coefficient (Wildman–Crippen LogP) is 3.23. The number of hydrogen-bond acceptors (Lipinski definition) is 6. The maximum atomic E-state index is 12.7. The lowest BCUT2D eigenvalue weighted by Gasteiger charge is -2.12. The summed E-state index contributed by atoms with van der Waals surface area (Å²) in [7, 11) is 0. The molecule has 1 amide bonds. The summed E-state index contributed by atoms with van der Waals surface area (Å²) in [5.41, 5.74) is 1.83. The highest BCUT2D eigenvalue weighted by Crippen LogP contribution is 2.34. The average molecular weight is 486 g/mol. The molecule has 1 aromatic heterocycles. The number of nitro benzene ring substituents is 1. The molecule has 2 N–H and O–H groups in total. The van der Waals surface area contributed by atoms with Crippen molar-refractivity contribution in [2.45, 2.75) is 12.7 Å². The van der Waals surface area contributed by atoms with Gasteiger partial charge in [0, 0.05) is 10.5 Å². The highest BCUT2D eigenvalue weighted by Gasteiger charge is 2.33. The second-order valence-electron chi connectivity index (χ2n) is 6.00. The molecule has 0 spiro atoms. The third-order valence-corrected chi connectivity index (χ3v) is 4.45. The van der Waals surface area contributed by atoms with Crippen LogP contribution in [-0.2, 0) is 17.5 Å². The van der Waals surface area contributed by atoms with Crippen LogP contribution in [0.1, 0.15) is 5.56 Å². The Labute approximate surface area is 173 Å². The summed E-state index contributed by atoms with van der Waals surface area (Å²) < 4.78 is 39.9. The number of alkyl halides is 3. The molecule has 0 aliphatic rings. The lowest BCUT2D eigenvalue weighted by Crippen LogP contribution is -2.35.